The van der Waals surface area contributed by atoms with Crippen molar-refractivity contribution in [3.63, 3.8) is 0 Å². The van der Waals surface area contributed by atoms with Crippen LogP contribution < -0.4 is 0 Å². The van der Waals surface area contributed by atoms with Crippen molar-refractivity contribution < 1.29 is 19.8 Å². The minimum atomic E-state index is -0.923. The number of rotatable bonds is 4. The molecule has 2 N–H and O–H groups in total. The Labute approximate surface area is 80.6 Å². The van der Waals surface area contributed by atoms with Crippen molar-refractivity contribution in [2.45, 2.75) is 12.8 Å². The first-order valence-electron chi connectivity index (χ1n) is 4.07. The Balaban J connectivity index is 2.85. The molecule has 1 heterocycles. The van der Waals surface area contributed by atoms with Crippen LogP contribution in [0, 0.1) is 0 Å². The van der Waals surface area contributed by atoms with E-state index >= 15 is 0 Å². The maximum atomic E-state index is 10.4. The first-order valence-corrected chi connectivity index (χ1v) is 4.07. The average molecular weight is 197 g/mol. The predicted molar refractivity (Wildman–Crippen MR) is 48.1 cm³/mol. The third kappa shape index (κ3) is 2.35. The Kier molecular flexibility index (Phi) is 2.91. The van der Waals surface area contributed by atoms with Crippen molar-refractivity contribution in [1.82, 2.24) is 4.57 Å². The maximum absolute atomic E-state index is 10.4. The van der Waals surface area contributed by atoms with Crippen molar-refractivity contribution in [3.05, 3.63) is 23.5 Å². The van der Waals surface area contributed by atoms with Crippen LogP contribution in [0.25, 0.3) is 0 Å². The lowest BCUT2D eigenvalue weighted by molar-refractivity contribution is -0.137. The minimum absolute atomic E-state index is 0.0872. The predicted octanol–water partition coefficient (Wildman–Crippen LogP) is 0.279. The molecular weight excluding hydrogens is 186 g/mol. The fraction of sp³-hybridized carbons (Fsp3) is 0.333. The van der Waals surface area contributed by atoms with E-state index < -0.39 is 11.9 Å². The van der Waals surface area contributed by atoms with Crippen LogP contribution in [0.3, 0.4) is 0 Å². The molecule has 14 heavy (non-hydrogen) atoms. The van der Waals surface area contributed by atoms with E-state index in [4.69, 9.17) is 10.2 Å². The number of hydrogen-bond acceptors (Lipinski definition) is 2. The molecule has 5 heteroatoms. The highest BCUT2D eigenvalue weighted by atomic mass is 16.4. The summed E-state index contributed by atoms with van der Waals surface area (Å²) in [7, 11) is 1.66. The Morgan fingerprint density at radius 1 is 1.14 bits per heavy atom. The highest BCUT2D eigenvalue weighted by Gasteiger charge is 2.10. The van der Waals surface area contributed by atoms with Gasteiger partial charge in [-0.1, -0.05) is 0 Å². The summed E-state index contributed by atoms with van der Waals surface area (Å²) in [5, 5.41) is 17.1. The summed E-state index contributed by atoms with van der Waals surface area (Å²) in [6, 6.07) is 3.26. The van der Waals surface area contributed by atoms with Crippen LogP contribution in [0.4, 0.5) is 0 Å². The summed E-state index contributed by atoms with van der Waals surface area (Å²) < 4.78 is 1.60. The zero-order chi connectivity index (χ0) is 10.7. The summed E-state index contributed by atoms with van der Waals surface area (Å²) in [6.45, 7) is 0. The number of nitrogens with zero attached hydrogens (tertiary/aromatic N) is 1. The van der Waals surface area contributed by atoms with Gasteiger partial charge in [-0.05, 0) is 12.1 Å². The van der Waals surface area contributed by atoms with Gasteiger partial charge in [0, 0.05) is 18.4 Å². The standard InChI is InChI=1S/C9H11NO4/c1-10-6(4-8(11)12)2-3-7(10)5-9(13)14/h2-3H,4-5H2,1H3,(H,11,12)(H,13,14). The molecule has 0 bridgehead atoms. The second-order valence-corrected chi connectivity index (χ2v) is 3.02. The largest absolute Gasteiger partial charge is 0.481 e. The van der Waals surface area contributed by atoms with Crippen molar-refractivity contribution in [2.75, 3.05) is 0 Å². The number of carbonyl (C=O) groups is 2. The maximum Gasteiger partial charge on any atom is 0.309 e. The van der Waals surface area contributed by atoms with Gasteiger partial charge in [-0.3, -0.25) is 9.59 Å². The van der Waals surface area contributed by atoms with Gasteiger partial charge in [0.2, 0.25) is 0 Å². The number of carboxylic acid groups (broad SMARTS) is 2. The summed E-state index contributed by atoms with van der Waals surface area (Å²) in [6.07, 6.45) is -0.174. The van der Waals surface area contributed by atoms with Gasteiger partial charge in [0.1, 0.15) is 0 Å². The van der Waals surface area contributed by atoms with E-state index in [-0.39, 0.29) is 12.8 Å². The molecule has 0 aliphatic heterocycles. The minimum Gasteiger partial charge on any atom is -0.481 e. The molecule has 1 rings (SSSR count). The molecule has 0 atom stereocenters. The van der Waals surface area contributed by atoms with Gasteiger partial charge >= 0.3 is 11.9 Å². The summed E-state index contributed by atoms with van der Waals surface area (Å²) in [4.78, 5) is 20.8. The van der Waals surface area contributed by atoms with Gasteiger partial charge in [0.05, 0.1) is 12.8 Å². The summed E-state index contributed by atoms with van der Waals surface area (Å²) in [5.41, 5.74) is 1.21. The molecule has 0 fully saturated rings. The van der Waals surface area contributed by atoms with Crippen LogP contribution in [0.1, 0.15) is 11.4 Å². The third-order valence-corrected chi connectivity index (χ3v) is 1.99. The second kappa shape index (κ2) is 3.95. The zero-order valence-corrected chi connectivity index (χ0v) is 7.73. The molecule has 0 spiro atoms. The van der Waals surface area contributed by atoms with E-state index in [2.05, 4.69) is 0 Å². The normalized spacial score (nSPS) is 10.1. The average Bonchev–Trinajstić information content (AvgIpc) is 2.34. The number of aliphatic carboxylic acids is 2. The molecule has 0 radical (unpaired) electrons. The lowest BCUT2D eigenvalue weighted by Gasteiger charge is -2.03. The van der Waals surface area contributed by atoms with E-state index in [0.29, 0.717) is 11.4 Å². The fourth-order valence-corrected chi connectivity index (χ4v) is 1.27. The molecule has 1 aromatic rings. The molecule has 0 aromatic carbocycles. The Hall–Kier alpha value is -1.78. The van der Waals surface area contributed by atoms with Crippen LogP contribution in [0.2, 0.25) is 0 Å². The first kappa shape index (κ1) is 10.3. The lowest BCUT2D eigenvalue weighted by atomic mass is 10.3. The second-order valence-electron chi connectivity index (χ2n) is 3.02. The summed E-state index contributed by atoms with van der Waals surface area (Å²) >= 11 is 0. The van der Waals surface area contributed by atoms with Gasteiger partial charge in [-0.2, -0.15) is 0 Å². The molecule has 0 aliphatic rings. The van der Waals surface area contributed by atoms with Crippen LogP contribution in [-0.2, 0) is 29.5 Å². The van der Waals surface area contributed by atoms with Crippen LogP contribution in [0.15, 0.2) is 12.1 Å². The van der Waals surface area contributed by atoms with Gasteiger partial charge in [0.15, 0.2) is 0 Å². The Bertz CT molecular complexity index is 333. The van der Waals surface area contributed by atoms with Crippen LogP contribution in [-0.4, -0.2) is 26.7 Å². The smallest absolute Gasteiger partial charge is 0.309 e. The van der Waals surface area contributed by atoms with Gasteiger partial charge in [0.25, 0.3) is 0 Å². The van der Waals surface area contributed by atoms with Crippen LogP contribution in [0.5, 0.6) is 0 Å². The monoisotopic (exact) mass is 197 g/mol. The number of carboxylic acids is 2. The van der Waals surface area contributed by atoms with Gasteiger partial charge in [-0.15, -0.1) is 0 Å². The third-order valence-electron chi connectivity index (χ3n) is 1.99. The highest BCUT2D eigenvalue weighted by molar-refractivity contribution is 5.71. The number of aromatic nitrogens is 1. The van der Waals surface area contributed by atoms with Crippen LogP contribution >= 0.6 is 0 Å². The molecule has 0 saturated carbocycles. The van der Waals surface area contributed by atoms with Gasteiger partial charge < -0.3 is 14.8 Å². The molecule has 0 unspecified atom stereocenters. The van der Waals surface area contributed by atoms with E-state index in [9.17, 15) is 9.59 Å². The van der Waals surface area contributed by atoms with Crippen molar-refractivity contribution in [1.29, 1.82) is 0 Å². The molecule has 1 aromatic heterocycles. The van der Waals surface area contributed by atoms with Gasteiger partial charge in [-0.25, -0.2) is 0 Å². The van der Waals surface area contributed by atoms with E-state index in [1.165, 1.54) is 0 Å². The molecule has 0 aliphatic carbocycles. The van der Waals surface area contributed by atoms with Crippen molar-refractivity contribution >= 4 is 11.9 Å². The van der Waals surface area contributed by atoms with E-state index in [1.54, 1.807) is 23.7 Å². The zero-order valence-electron chi connectivity index (χ0n) is 7.73. The molecule has 5 nitrogen and oxygen atoms in total. The lowest BCUT2D eigenvalue weighted by Crippen LogP contribution is -2.09. The first-order chi connectivity index (χ1) is 6.50. The molecule has 76 valence electrons. The highest BCUT2D eigenvalue weighted by Crippen LogP contribution is 2.08. The number of hydrogen-bond donors (Lipinski definition) is 2. The molecule has 0 amide bonds. The fourth-order valence-electron chi connectivity index (χ4n) is 1.27. The van der Waals surface area contributed by atoms with E-state index in [0.717, 1.165) is 0 Å². The Morgan fingerprint density at radius 2 is 1.50 bits per heavy atom. The van der Waals surface area contributed by atoms with E-state index in [1.807, 2.05) is 0 Å². The molecule has 0 saturated heterocycles. The quantitative estimate of drug-likeness (QED) is 0.726. The van der Waals surface area contributed by atoms with Crippen molar-refractivity contribution in [2.24, 2.45) is 7.05 Å². The van der Waals surface area contributed by atoms with Crippen molar-refractivity contribution in [3.8, 4) is 0 Å². The SMILES string of the molecule is Cn1c(CC(=O)O)ccc1CC(=O)O. The Morgan fingerprint density at radius 3 is 1.79 bits per heavy atom. The summed E-state index contributed by atoms with van der Waals surface area (Å²) in [5.74, 6) is -1.85. The molecular formula is C9H11NO4. The topological polar surface area (TPSA) is 79.5 Å².